The van der Waals surface area contributed by atoms with Crippen LogP contribution < -0.4 is 20.7 Å². The average molecular weight is 579 g/mol. The van der Waals surface area contributed by atoms with E-state index >= 15 is 0 Å². The molecular formula is C32H42N4O6. The Morgan fingerprint density at radius 2 is 1.90 bits per heavy atom. The minimum Gasteiger partial charge on any atom is -0.494 e. The molecule has 3 N–H and O–H groups in total. The summed E-state index contributed by atoms with van der Waals surface area (Å²) in [5, 5.41) is 8.33. The van der Waals surface area contributed by atoms with Crippen molar-refractivity contribution < 1.29 is 28.7 Å². The van der Waals surface area contributed by atoms with Crippen molar-refractivity contribution in [2.24, 2.45) is 5.92 Å². The Labute approximate surface area is 247 Å². The van der Waals surface area contributed by atoms with Crippen LogP contribution >= 0.6 is 0 Å². The standard InChI is InChI=1S/C32H42N4O6/c1-3-41-32(40)35-28-19-29(37)36-16-7-10-24(21-36)15-17-42-26-13-11-22(2)25(18-26)20-33-30(38)27(34-31(28)39)14-12-23-8-5-4-6-9-23/h4-6,8-9,11,13,18,24,27-28H,3,7,10,12,14-17,19-21H2,1-2H3,(H,33,38)(H,34,39)(H,35,40)/t24?,27-,28-/m0/s1. The lowest BCUT2D eigenvalue weighted by molar-refractivity contribution is -0.137. The van der Waals surface area contributed by atoms with E-state index in [0.717, 1.165) is 41.7 Å². The molecule has 2 aromatic rings. The first-order chi connectivity index (χ1) is 20.3. The van der Waals surface area contributed by atoms with E-state index in [0.29, 0.717) is 32.5 Å². The zero-order chi connectivity index (χ0) is 29.9. The van der Waals surface area contributed by atoms with Crippen molar-refractivity contribution in [3.63, 3.8) is 0 Å². The fourth-order valence-electron chi connectivity index (χ4n) is 5.43. The van der Waals surface area contributed by atoms with Gasteiger partial charge in [0, 0.05) is 19.6 Å². The number of ether oxygens (including phenoxy) is 2. The second-order valence-electron chi connectivity index (χ2n) is 11.0. The number of carbonyl (C=O) groups excluding carboxylic acids is 4. The Hall–Kier alpha value is -4.08. The van der Waals surface area contributed by atoms with Gasteiger partial charge in [-0.1, -0.05) is 36.4 Å². The van der Waals surface area contributed by atoms with Crippen molar-refractivity contribution in [1.29, 1.82) is 0 Å². The van der Waals surface area contributed by atoms with Gasteiger partial charge in [0.2, 0.25) is 17.7 Å². The molecule has 1 unspecified atom stereocenters. The first-order valence-electron chi connectivity index (χ1n) is 14.9. The van der Waals surface area contributed by atoms with E-state index in [1.165, 1.54) is 0 Å². The SMILES string of the molecule is CCOC(=O)N[C@H]1CC(=O)N2CCCC(CCOc3ccc(C)c(c3)CNC(=O)[C@H](CCc3ccccc3)NC1=O)C2. The summed E-state index contributed by atoms with van der Waals surface area (Å²) in [5.41, 5.74) is 2.96. The summed E-state index contributed by atoms with van der Waals surface area (Å²) < 4.78 is 11.1. The number of hydrogen-bond acceptors (Lipinski definition) is 6. The van der Waals surface area contributed by atoms with Gasteiger partial charge in [0.05, 0.1) is 19.6 Å². The molecule has 10 heteroatoms. The van der Waals surface area contributed by atoms with Crippen LogP contribution in [0, 0.1) is 12.8 Å². The molecule has 2 heterocycles. The largest absolute Gasteiger partial charge is 0.494 e. The van der Waals surface area contributed by atoms with Crippen molar-refractivity contribution in [3.8, 4) is 5.75 Å². The Kier molecular flexibility index (Phi) is 11.2. The van der Waals surface area contributed by atoms with Crippen LogP contribution in [0.5, 0.6) is 5.75 Å². The Morgan fingerprint density at radius 3 is 2.69 bits per heavy atom. The number of carbonyl (C=O) groups is 4. The fourth-order valence-corrected chi connectivity index (χ4v) is 5.43. The van der Waals surface area contributed by atoms with Gasteiger partial charge in [-0.25, -0.2) is 4.79 Å². The van der Waals surface area contributed by atoms with Crippen LogP contribution in [-0.4, -0.2) is 67.1 Å². The van der Waals surface area contributed by atoms with Gasteiger partial charge < -0.3 is 30.3 Å². The Balaban J connectivity index is 1.60. The summed E-state index contributed by atoms with van der Waals surface area (Å²) in [6, 6.07) is 13.4. The van der Waals surface area contributed by atoms with E-state index in [2.05, 4.69) is 16.0 Å². The molecule has 2 aromatic carbocycles. The average Bonchev–Trinajstić information content (AvgIpc) is 2.99. The van der Waals surface area contributed by atoms with Crippen LogP contribution in [0.2, 0.25) is 0 Å². The molecule has 1 fully saturated rings. The van der Waals surface area contributed by atoms with Gasteiger partial charge in [0.25, 0.3) is 0 Å². The Morgan fingerprint density at radius 1 is 1.10 bits per heavy atom. The second-order valence-corrected chi connectivity index (χ2v) is 11.0. The van der Waals surface area contributed by atoms with E-state index in [1.54, 1.807) is 11.8 Å². The van der Waals surface area contributed by atoms with Gasteiger partial charge in [-0.3, -0.25) is 14.4 Å². The van der Waals surface area contributed by atoms with Gasteiger partial charge in [-0.2, -0.15) is 0 Å². The summed E-state index contributed by atoms with van der Waals surface area (Å²) in [5.74, 6) is -0.181. The van der Waals surface area contributed by atoms with E-state index in [4.69, 9.17) is 9.47 Å². The smallest absolute Gasteiger partial charge is 0.407 e. The van der Waals surface area contributed by atoms with E-state index in [9.17, 15) is 19.2 Å². The number of nitrogens with zero attached hydrogens (tertiary/aromatic N) is 1. The number of rotatable bonds is 5. The molecule has 4 rings (SSSR count). The third-order valence-electron chi connectivity index (χ3n) is 7.90. The van der Waals surface area contributed by atoms with Gasteiger partial charge >= 0.3 is 6.09 Å². The quantitative estimate of drug-likeness (QED) is 0.500. The third kappa shape index (κ3) is 8.96. The molecule has 0 spiro atoms. The number of piperidine rings is 1. The first kappa shape index (κ1) is 30.9. The highest BCUT2D eigenvalue weighted by molar-refractivity contribution is 5.94. The van der Waals surface area contributed by atoms with E-state index in [1.807, 2.05) is 55.5 Å². The van der Waals surface area contributed by atoms with Crippen LogP contribution in [0.1, 0.15) is 55.7 Å². The summed E-state index contributed by atoms with van der Waals surface area (Å²) >= 11 is 0. The highest BCUT2D eigenvalue weighted by Gasteiger charge is 2.32. The molecule has 0 saturated carbocycles. The van der Waals surface area contributed by atoms with Crippen molar-refractivity contribution in [3.05, 3.63) is 65.2 Å². The first-order valence-corrected chi connectivity index (χ1v) is 14.9. The summed E-state index contributed by atoms with van der Waals surface area (Å²) in [6.07, 6.45) is 2.49. The molecule has 4 amide bonds. The minimum atomic E-state index is -1.19. The van der Waals surface area contributed by atoms with Crippen LogP contribution in [0.25, 0.3) is 0 Å². The molecule has 42 heavy (non-hydrogen) atoms. The van der Waals surface area contributed by atoms with Gasteiger partial charge in [0.1, 0.15) is 17.8 Å². The van der Waals surface area contributed by atoms with Crippen LogP contribution in [-0.2, 0) is 32.1 Å². The Bertz CT molecular complexity index is 1240. The normalized spacial score (nSPS) is 22.1. The molecule has 0 aromatic heterocycles. The van der Waals surface area contributed by atoms with Crippen LogP contribution in [0.4, 0.5) is 4.79 Å². The lowest BCUT2D eigenvalue weighted by Crippen LogP contribution is -2.55. The van der Waals surface area contributed by atoms with Crippen molar-refractivity contribution in [2.45, 2.75) is 71.0 Å². The lowest BCUT2D eigenvalue weighted by Gasteiger charge is -2.34. The molecule has 4 bridgehead atoms. The molecule has 1 saturated heterocycles. The van der Waals surface area contributed by atoms with Gasteiger partial charge in [-0.15, -0.1) is 0 Å². The predicted octanol–water partition coefficient (Wildman–Crippen LogP) is 3.25. The highest BCUT2D eigenvalue weighted by atomic mass is 16.5. The molecule has 3 atom stereocenters. The van der Waals surface area contributed by atoms with E-state index in [-0.39, 0.29) is 37.3 Å². The van der Waals surface area contributed by atoms with Gasteiger partial charge in [-0.05, 0) is 80.7 Å². The number of fused-ring (bicyclic) bond motifs is 4. The van der Waals surface area contributed by atoms with E-state index < -0.39 is 24.1 Å². The molecule has 226 valence electrons. The van der Waals surface area contributed by atoms with Crippen molar-refractivity contribution >= 4 is 23.8 Å². The van der Waals surface area contributed by atoms with Crippen molar-refractivity contribution in [1.82, 2.24) is 20.9 Å². The topological polar surface area (TPSA) is 126 Å². The number of benzene rings is 2. The maximum absolute atomic E-state index is 13.6. The van der Waals surface area contributed by atoms with Gasteiger partial charge in [0.15, 0.2) is 0 Å². The number of nitrogens with one attached hydrogen (secondary N) is 3. The summed E-state index contributed by atoms with van der Waals surface area (Å²) in [4.78, 5) is 54.5. The monoisotopic (exact) mass is 578 g/mol. The lowest BCUT2D eigenvalue weighted by atomic mass is 9.94. The molecule has 10 nitrogen and oxygen atoms in total. The number of alkyl carbamates (subject to hydrolysis) is 1. The zero-order valence-electron chi connectivity index (χ0n) is 24.5. The number of hydrogen-bond donors (Lipinski definition) is 3. The number of amides is 4. The summed E-state index contributed by atoms with van der Waals surface area (Å²) in [7, 11) is 0. The molecule has 2 aliphatic rings. The molecular weight excluding hydrogens is 536 g/mol. The highest BCUT2D eigenvalue weighted by Crippen LogP contribution is 2.23. The predicted molar refractivity (Wildman–Crippen MR) is 158 cm³/mol. The van der Waals surface area contributed by atoms with Crippen LogP contribution in [0.15, 0.2) is 48.5 Å². The molecule has 2 aliphatic heterocycles. The summed E-state index contributed by atoms with van der Waals surface area (Å²) in [6.45, 7) is 5.69. The maximum Gasteiger partial charge on any atom is 0.407 e. The molecule has 0 radical (unpaired) electrons. The van der Waals surface area contributed by atoms with Crippen LogP contribution in [0.3, 0.4) is 0 Å². The fraction of sp³-hybridized carbons (Fsp3) is 0.500. The minimum absolute atomic E-state index is 0.118. The third-order valence-corrected chi connectivity index (χ3v) is 7.90. The number of aryl methyl sites for hydroxylation is 2. The van der Waals surface area contributed by atoms with Crippen molar-refractivity contribution in [2.75, 3.05) is 26.3 Å². The maximum atomic E-state index is 13.6. The zero-order valence-corrected chi connectivity index (χ0v) is 24.5. The second kappa shape index (κ2) is 15.2. The molecule has 0 aliphatic carbocycles.